The van der Waals surface area contributed by atoms with Crippen molar-refractivity contribution < 1.29 is 19.7 Å². The number of nitriles is 1. The normalized spacial score (nSPS) is 16.4. The molecule has 1 aromatic rings. The van der Waals surface area contributed by atoms with Crippen LogP contribution in [-0.2, 0) is 10.2 Å². The van der Waals surface area contributed by atoms with E-state index in [0.717, 1.165) is 6.42 Å². The molecule has 5 heteroatoms. The number of phenols is 1. The van der Waals surface area contributed by atoms with Crippen LogP contribution < -0.4 is 4.74 Å². The molecule has 1 saturated carbocycles. The molecular weight excluding hydrogens is 234 g/mol. The van der Waals surface area contributed by atoms with Crippen molar-refractivity contribution in [1.82, 2.24) is 0 Å². The lowest BCUT2D eigenvalue weighted by Gasteiger charge is -2.38. The number of rotatable bonds is 3. The molecule has 1 aliphatic rings. The third-order valence-corrected chi connectivity index (χ3v) is 3.57. The summed E-state index contributed by atoms with van der Waals surface area (Å²) in [4.78, 5) is 11.5. The number of hydrogen-bond acceptors (Lipinski definition) is 4. The summed E-state index contributed by atoms with van der Waals surface area (Å²) in [6.07, 6.45) is 1.88. The summed E-state index contributed by atoms with van der Waals surface area (Å²) in [6.45, 7) is 0. The minimum atomic E-state index is -0.982. The molecule has 18 heavy (non-hydrogen) atoms. The number of carboxylic acids is 1. The molecule has 0 unspecified atom stereocenters. The third-order valence-electron chi connectivity index (χ3n) is 3.57. The molecule has 1 fully saturated rings. The maximum atomic E-state index is 11.5. The summed E-state index contributed by atoms with van der Waals surface area (Å²) in [5.74, 6) is -0.798. The lowest BCUT2D eigenvalue weighted by atomic mass is 9.64. The largest absolute Gasteiger partial charge is 0.506 e. The zero-order valence-electron chi connectivity index (χ0n) is 9.93. The van der Waals surface area contributed by atoms with E-state index in [9.17, 15) is 15.0 Å². The highest BCUT2D eigenvalue weighted by molar-refractivity contribution is 5.84. The molecule has 5 nitrogen and oxygen atoms in total. The van der Waals surface area contributed by atoms with Gasteiger partial charge in [0.2, 0.25) is 0 Å². The van der Waals surface area contributed by atoms with Gasteiger partial charge in [-0.05, 0) is 18.9 Å². The number of methoxy groups -OCH3 is 1. The molecule has 0 amide bonds. The van der Waals surface area contributed by atoms with Gasteiger partial charge in [-0.3, -0.25) is 4.79 Å². The second-order valence-electron chi connectivity index (χ2n) is 4.42. The Morgan fingerprint density at radius 2 is 2.17 bits per heavy atom. The van der Waals surface area contributed by atoms with Crippen molar-refractivity contribution in [2.45, 2.75) is 24.7 Å². The molecule has 1 aromatic carbocycles. The van der Waals surface area contributed by atoms with E-state index < -0.39 is 11.4 Å². The number of ether oxygens (including phenoxy) is 1. The van der Waals surface area contributed by atoms with E-state index in [0.29, 0.717) is 24.2 Å². The van der Waals surface area contributed by atoms with Crippen LogP contribution in [0, 0.1) is 11.3 Å². The molecule has 94 valence electrons. The van der Waals surface area contributed by atoms with Crippen LogP contribution in [0.3, 0.4) is 0 Å². The zero-order valence-corrected chi connectivity index (χ0v) is 9.93. The summed E-state index contributed by atoms with van der Waals surface area (Å²) in [6, 6.07) is 4.57. The van der Waals surface area contributed by atoms with Crippen molar-refractivity contribution in [2.24, 2.45) is 0 Å². The van der Waals surface area contributed by atoms with Crippen LogP contribution in [-0.4, -0.2) is 23.3 Å². The van der Waals surface area contributed by atoms with Crippen LogP contribution in [0.2, 0.25) is 0 Å². The van der Waals surface area contributed by atoms with E-state index in [-0.39, 0.29) is 11.3 Å². The molecule has 1 aliphatic carbocycles. The number of nitrogens with zero attached hydrogens (tertiary/aromatic N) is 1. The number of aliphatic carboxylic acids is 1. The van der Waals surface area contributed by atoms with Gasteiger partial charge in [-0.2, -0.15) is 5.26 Å². The van der Waals surface area contributed by atoms with E-state index in [2.05, 4.69) is 0 Å². The van der Waals surface area contributed by atoms with Gasteiger partial charge in [0, 0.05) is 11.6 Å². The van der Waals surface area contributed by atoms with Crippen LogP contribution in [0.5, 0.6) is 11.5 Å². The molecule has 0 radical (unpaired) electrons. The Bertz CT molecular complexity index is 541. The van der Waals surface area contributed by atoms with Gasteiger partial charge in [-0.15, -0.1) is 0 Å². The average Bonchev–Trinajstić information content (AvgIpc) is 2.28. The second kappa shape index (κ2) is 4.22. The molecule has 2 rings (SSSR count). The smallest absolute Gasteiger partial charge is 0.314 e. The van der Waals surface area contributed by atoms with E-state index in [1.165, 1.54) is 19.2 Å². The highest BCUT2D eigenvalue weighted by atomic mass is 16.5. The van der Waals surface area contributed by atoms with Crippen LogP contribution >= 0.6 is 0 Å². The molecule has 0 saturated heterocycles. The van der Waals surface area contributed by atoms with Crippen molar-refractivity contribution in [3.63, 3.8) is 0 Å². The molecule has 0 bridgehead atoms. The molecule has 0 atom stereocenters. The Morgan fingerprint density at radius 1 is 1.50 bits per heavy atom. The van der Waals surface area contributed by atoms with Gasteiger partial charge in [0.15, 0.2) is 0 Å². The highest BCUT2D eigenvalue weighted by Crippen LogP contribution is 2.48. The van der Waals surface area contributed by atoms with Gasteiger partial charge in [-0.25, -0.2) is 0 Å². The summed E-state index contributed by atoms with van der Waals surface area (Å²) >= 11 is 0. The number of carboxylic acid groups (broad SMARTS) is 1. The third kappa shape index (κ3) is 1.58. The first kappa shape index (κ1) is 12.2. The first-order valence-corrected chi connectivity index (χ1v) is 5.60. The molecule has 0 heterocycles. The van der Waals surface area contributed by atoms with E-state index in [4.69, 9.17) is 10.00 Å². The van der Waals surface area contributed by atoms with E-state index in [1.807, 2.05) is 6.07 Å². The van der Waals surface area contributed by atoms with E-state index >= 15 is 0 Å². The van der Waals surface area contributed by atoms with Gasteiger partial charge < -0.3 is 14.9 Å². The fourth-order valence-electron chi connectivity index (χ4n) is 2.33. The Balaban J connectivity index is 2.62. The average molecular weight is 247 g/mol. The predicted molar refractivity (Wildman–Crippen MR) is 62.5 cm³/mol. The number of benzene rings is 1. The number of hydrogen-bond donors (Lipinski definition) is 2. The number of phenolic OH excluding ortho intramolecular Hbond substituents is 1. The molecule has 2 N–H and O–H groups in total. The van der Waals surface area contributed by atoms with Crippen LogP contribution in [0.1, 0.15) is 30.4 Å². The van der Waals surface area contributed by atoms with Crippen molar-refractivity contribution >= 4 is 5.97 Å². The quantitative estimate of drug-likeness (QED) is 0.849. The Labute approximate surface area is 104 Å². The van der Waals surface area contributed by atoms with Crippen LogP contribution in [0.25, 0.3) is 0 Å². The van der Waals surface area contributed by atoms with Gasteiger partial charge >= 0.3 is 5.97 Å². The second-order valence-corrected chi connectivity index (χ2v) is 4.42. The molecule has 0 aromatic heterocycles. The fraction of sp³-hybridized carbons (Fsp3) is 0.385. The Morgan fingerprint density at radius 3 is 2.56 bits per heavy atom. The van der Waals surface area contributed by atoms with Gasteiger partial charge in [-0.1, -0.05) is 6.42 Å². The van der Waals surface area contributed by atoms with Crippen molar-refractivity contribution in [3.8, 4) is 17.6 Å². The Hall–Kier alpha value is -2.22. The molecule has 0 aliphatic heterocycles. The summed E-state index contributed by atoms with van der Waals surface area (Å²) in [5.41, 5.74) is -0.443. The predicted octanol–water partition coefficient (Wildman–Crippen LogP) is 1.78. The summed E-state index contributed by atoms with van der Waals surface area (Å²) in [7, 11) is 1.42. The topological polar surface area (TPSA) is 90.5 Å². The van der Waals surface area contributed by atoms with Gasteiger partial charge in [0.1, 0.15) is 17.6 Å². The first-order valence-electron chi connectivity index (χ1n) is 5.60. The van der Waals surface area contributed by atoms with Gasteiger partial charge in [0.05, 0.1) is 18.1 Å². The maximum absolute atomic E-state index is 11.5. The monoisotopic (exact) mass is 247 g/mol. The van der Waals surface area contributed by atoms with Gasteiger partial charge in [0.25, 0.3) is 0 Å². The first-order chi connectivity index (χ1) is 8.55. The lowest BCUT2D eigenvalue weighted by Crippen LogP contribution is -2.42. The Kier molecular flexibility index (Phi) is 2.87. The fourth-order valence-corrected chi connectivity index (χ4v) is 2.33. The standard InChI is InChI=1S/C13H13NO4/c1-18-11-6-10(15)8(7-14)5-9(11)13(12(16)17)3-2-4-13/h5-6,15H,2-4H2,1H3,(H,16,17). The number of aromatic hydroxyl groups is 1. The highest BCUT2D eigenvalue weighted by Gasteiger charge is 2.48. The summed E-state index contributed by atoms with van der Waals surface area (Å²) in [5, 5.41) is 27.9. The lowest BCUT2D eigenvalue weighted by molar-refractivity contribution is -0.147. The van der Waals surface area contributed by atoms with Crippen LogP contribution in [0.4, 0.5) is 0 Å². The van der Waals surface area contributed by atoms with Crippen molar-refractivity contribution in [1.29, 1.82) is 5.26 Å². The number of carbonyl (C=O) groups is 1. The SMILES string of the molecule is COc1cc(O)c(C#N)cc1C1(C(=O)O)CCC1. The maximum Gasteiger partial charge on any atom is 0.314 e. The summed E-state index contributed by atoms with van der Waals surface area (Å²) < 4.78 is 5.12. The molecular formula is C13H13NO4. The van der Waals surface area contributed by atoms with Crippen molar-refractivity contribution in [3.05, 3.63) is 23.3 Å². The molecule has 0 spiro atoms. The van der Waals surface area contributed by atoms with E-state index in [1.54, 1.807) is 0 Å². The van der Waals surface area contributed by atoms with Crippen molar-refractivity contribution in [2.75, 3.05) is 7.11 Å². The minimum Gasteiger partial charge on any atom is -0.506 e. The minimum absolute atomic E-state index is 0.0679. The van der Waals surface area contributed by atoms with Crippen LogP contribution in [0.15, 0.2) is 12.1 Å². The zero-order chi connectivity index (χ0) is 13.3.